The first-order valence-corrected chi connectivity index (χ1v) is 7.29. The number of aryl methyl sites for hydroxylation is 1. The first-order valence-electron chi connectivity index (χ1n) is 7.29. The molecule has 0 bridgehead atoms. The van der Waals surface area contributed by atoms with Crippen LogP contribution in [0.25, 0.3) is 0 Å². The SMILES string of the molecule is CCNCc1ccc(OCc2ccc(C)cc2)c(OC)c1.Cl. The van der Waals surface area contributed by atoms with E-state index in [2.05, 4.69) is 49.5 Å². The monoisotopic (exact) mass is 321 g/mol. The first kappa shape index (κ1) is 18.3. The second kappa shape index (κ2) is 9.34. The van der Waals surface area contributed by atoms with Crippen LogP contribution in [0.4, 0.5) is 0 Å². The van der Waals surface area contributed by atoms with Gasteiger partial charge in [-0.2, -0.15) is 0 Å². The zero-order valence-corrected chi connectivity index (χ0v) is 14.2. The van der Waals surface area contributed by atoms with Gasteiger partial charge in [0.2, 0.25) is 0 Å². The molecule has 0 aliphatic carbocycles. The molecule has 0 fully saturated rings. The fourth-order valence-electron chi connectivity index (χ4n) is 2.06. The minimum Gasteiger partial charge on any atom is -0.493 e. The van der Waals surface area contributed by atoms with E-state index in [0.29, 0.717) is 6.61 Å². The lowest BCUT2D eigenvalue weighted by Crippen LogP contribution is -2.11. The smallest absolute Gasteiger partial charge is 0.161 e. The topological polar surface area (TPSA) is 30.5 Å². The van der Waals surface area contributed by atoms with Gasteiger partial charge >= 0.3 is 0 Å². The summed E-state index contributed by atoms with van der Waals surface area (Å²) in [5.41, 5.74) is 3.60. The largest absolute Gasteiger partial charge is 0.493 e. The highest BCUT2D eigenvalue weighted by atomic mass is 35.5. The Balaban J connectivity index is 0.00000242. The third kappa shape index (κ3) is 5.24. The minimum atomic E-state index is 0. The van der Waals surface area contributed by atoms with E-state index in [1.54, 1.807) is 7.11 Å². The molecule has 0 radical (unpaired) electrons. The molecular formula is C18H24ClNO2. The summed E-state index contributed by atoms with van der Waals surface area (Å²) in [4.78, 5) is 0. The van der Waals surface area contributed by atoms with E-state index in [4.69, 9.17) is 9.47 Å². The maximum atomic E-state index is 5.87. The van der Waals surface area contributed by atoms with Crippen molar-refractivity contribution in [2.75, 3.05) is 13.7 Å². The second-order valence-corrected chi connectivity index (χ2v) is 5.04. The first-order chi connectivity index (χ1) is 10.2. The van der Waals surface area contributed by atoms with Crippen molar-refractivity contribution >= 4 is 12.4 Å². The van der Waals surface area contributed by atoms with Gasteiger partial charge < -0.3 is 14.8 Å². The number of rotatable bonds is 7. The Hall–Kier alpha value is -1.71. The molecule has 1 N–H and O–H groups in total. The van der Waals surface area contributed by atoms with Crippen molar-refractivity contribution in [1.82, 2.24) is 5.32 Å². The van der Waals surface area contributed by atoms with Crippen LogP contribution in [0.5, 0.6) is 11.5 Å². The Morgan fingerprint density at radius 3 is 2.27 bits per heavy atom. The zero-order valence-electron chi connectivity index (χ0n) is 13.4. The molecule has 2 aromatic rings. The van der Waals surface area contributed by atoms with Gasteiger partial charge in [0, 0.05) is 6.54 Å². The van der Waals surface area contributed by atoms with Crippen molar-refractivity contribution in [3.8, 4) is 11.5 Å². The Morgan fingerprint density at radius 2 is 1.64 bits per heavy atom. The van der Waals surface area contributed by atoms with E-state index in [1.807, 2.05) is 12.1 Å². The molecule has 0 heterocycles. The minimum absolute atomic E-state index is 0. The molecule has 2 rings (SSSR count). The van der Waals surface area contributed by atoms with Gasteiger partial charge in [0.25, 0.3) is 0 Å². The van der Waals surface area contributed by atoms with Gasteiger partial charge in [0.1, 0.15) is 6.61 Å². The fourth-order valence-corrected chi connectivity index (χ4v) is 2.06. The van der Waals surface area contributed by atoms with E-state index in [9.17, 15) is 0 Å². The molecular weight excluding hydrogens is 298 g/mol. The molecule has 22 heavy (non-hydrogen) atoms. The maximum absolute atomic E-state index is 5.87. The average molecular weight is 322 g/mol. The van der Waals surface area contributed by atoms with E-state index in [-0.39, 0.29) is 12.4 Å². The molecule has 3 nitrogen and oxygen atoms in total. The molecule has 0 saturated carbocycles. The summed E-state index contributed by atoms with van der Waals surface area (Å²) in [6.45, 7) is 6.51. The molecule has 2 aromatic carbocycles. The molecule has 0 atom stereocenters. The molecule has 0 saturated heterocycles. The highest BCUT2D eigenvalue weighted by molar-refractivity contribution is 5.85. The third-order valence-electron chi connectivity index (χ3n) is 3.32. The number of nitrogens with one attached hydrogen (secondary N) is 1. The highest BCUT2D eigenvalue weighted by Crippen LogP contribution is 2.28. The summed E-state index contributed by atoms with van der Waals surface area (Å²) in [6, 6.07) is 14.4. The third-order valence-corrected chi connectivity index (χ3v) is 3.32. The molecule has 0 amide bonds. The van der Waals surface area contributed by atoms with Crippen LogP contribution in [0, 0.1) is 6.92 Å². The predicted octanol–water partition coefficient (Wildman–Crippen LogP) is 4.11. The number of methoxy groups -OCH3 is 1. The van der Waals surface area contributed by atoms with Crippen LogP contribution in [0.3, 0.4) is 0 Å². The summed E-state index contributed by atoms with van der Waals surface area (Å²) >= 11 is 0. The van der Waals surface area contributed by atoms with Crippen LogP contribution < -0.4 is 14.8 Å². The van der Waals surface area contributed by atoms with E-state index in [1.165, 1.54) is 11.1 Å². The predicted molar refractivity (Wildman–Crippen MR) is 93.1 cm³/mol. The van der Waals surface area contributed by atoms with E-state index in [0.717, 1.165) is 30.2 Å². The van der Waals surface area contributed by atoms with Crippen LogP contribution >= 0.6 is 12.4 Å². The molecule has 0 aliphatic heterocycles. The van der Waals surface area contributed by atoms with Gasteiger partial charge in [-0.05, 0) is 36.7 Å². The van der Waals surface area contributed by atoms with Crippen LogP contribution in [-0.2, 0) is 13.2 Å². The summed E-state index contributed by atoms with van der Waals surface area (Å²) in [7, 11) is 1.67. The summed E-state index contributed by atoms with van der Waals surface area (Å²) in [6.07, 6.45) is 0. The molecule has 0 aliphatic rings. The standard InChI is InChI=1S/C18H23NO2.ClH/c1-4-19-12-16-9-10-17(18(11-16)20-3)21-13-15-7-5-14(2)6-8-15;/h5-11,19H,4,12-13H2,1-3H3;1H. The van der Waals surface area contributed by atoms with Gasteiger partial charge in [-0.1, -0.05) is 42.8 Å². The Kier molecular flexibility index (Phi) is 7.78. The van der Waals surface area contributed by atoms with Crippen molar-refractivity contribution < 1.29 is 9.47 Å². The van der Waals surface area contributed by atoms with Crippen LogP contribution in [0.15, 0.2) is 42.5 Å². The van der Waals surface area contributed by atoms with Crippen LogP contribution in [0.1, 0.15) is 23.6 Å². The lowest BCUT2D eigenvalue weighted by molar-refractivity contribution is 0.284. The zero-order chi connectivity index (χ0) is 15.1. The van der Waals surface area contributed by atoms with Crippen LogP contribution in [-0.4, -0.2) is 13.7 Å². The van der Waals surface area contributed by atoms with E-state index < -0.39 is 0 Å². The molecule has 4 heteroatoms. The normalized spacial score (nSPS) is 9.95. The summed E-state index contributed by atoms with van der Waals surface area (Å²) in [5, 5.41) is 3.30. The Bertz CT molecular complexity index is 570. The Labute approximate surface area is 139 Å². The molecule has 120 valence electrons. The number of benzene rings is 2. The van der Waals surface area contributed by atoms with Gasteiger partial charge in [-0.3, -0.25) is 0 Å². The van der Waals surface area contributed by atoms with E-state index >= 15 is 0 Å². The molecule has 0 aromatic heterocycles. The van der Waals surface area contributed by atoms with Gasteiger partial charge in [0.05, 0.1) is 7.11 Å². The van der Waals surface area contributed by atoms with Crippen molar-refractivity contribution in [2.24, 2.45) is 0 Å². The lowest BCUT2D eigenvalue weighted by Gasteiger charge is -2.12. The average Bonchev–Trinajstić information content (AvgIpc) is 2.52. The van der Waals surface area contributed by atoms with Crippen molar-refractivity contribution in [2.45, 2.75) is 27.0 Å². The van der Waals surface area contributed by atoms with Gasteiger partial charge in [-0.15, -0.1) is 12.4 Å². The van der Waals surface area contributed by atoms with Crippen molar-refractivity contribution in [3.05, 3.63) is 59.2 Å². The summed E-state index contributed by atoms with van der Waals surface area (Å²) < 4.78 is 11.3. The maximum Gasteiger partial charge on any atom is 0.161 e. The lowest BCUT2D eigenvalue weighted by atomic mass is 10.1. The quantitative estimate of drug-likeness (QED) is 0.832. The number of hydrogen-bond acceptors (Lipinski definition) is 3. The van der Waals surface area contributed by atoms with Gasteiger partial charge in [0.15, 0.2) is 11.5 Å². The fraction of sp³-hybridized carbons (Fsp3) is 0.333. The highest BCUT2D eigenvalue weighted by Gasteiger charge is 2.06. The number of ether oxygens (including phenoxy) is 2. The molecule has 0 unspecified atom stereocenters. The molecule has 0 spiro atoms. The second-order valence-electron chi connectivity index (χ2n) is 5.04. The summed E-state index contributed by atoms with van der Waals surface area (Å²) in [5.74, 6) is 1.55. The van der Waals surface area contributed by atoms with Crippen molar-refractivity contribution in [3.63, 3.8) is 0 Å². The number of hydrogen-bond donors (Lipinski definition) is 1. The Morgan fingerprint density at radius 1 is 0.955 bits per heavy atom. The number of halogens is 1. The van der Waals surface area contributed by atoms with Crippen molar-refractivity contribution in [1.29, 1.82) is 0 Å². The van der Waals surface area contributed by atoms with Crippen LogP contribution in [0.2, 0.25) is 0 Å². The van der Waals surface area contributed by atoms with Gasteiger partial charge in [-0.25, -0.2) is 0 Å².